The van der Waals surface area contributed by atoms with Gasteiger partial charge in [-0.1, -0.05) is 35.5 Å². The highest BCUT2D eigenvalue weighted by molar-refractivity contribution is 6.45. The Morgan fingerprint density at radius 1 is 1.05 bits per heavy atom. The molecule has 0 saturated carbocycles. The van der Waals surface area contributed by atoms with Crippen molar-refractivity contribution >= 4 is 34.6 Å². The van der Waals surface area contributed by atoms with E-state index < -0.39 is 35.2 Å². The summed E-state index contributed by atoms with van der Waals surface area (Å²) in [4.78, 5) is 62.2. The molecule has 3 aromatic heterocycles. The number of hydrogen-bond acceptors (Lipinski definition) is 8. The number of aromatic amines is 1. The molecule has 4 heterocycles. The van der Waals surface area contributed by atoms with E-state index in [9.17, 15) is 23.6 Å². The van der Waals surface area contributed by atoms with Gasteiger partial charge in [-0.05, 0) is 26.3 Å². The number of Topliss-reactive ketones (excluding diaryl/α,β-unsaturated/α-hetero) is 1. The van der Waals surface area contributed by atoms with Crippen LogP contribution in [0.1, 0.15) is 42.7 Å². The Balaban J connectivity index is 1.29. The van der Waals surface area contributed by atoms with Gasteiger partial charge in [-0.3, -0.25) is 14.4 Å². The zero-order chi connectivity index (χ0) is 30.0. The molecule has 14 heteroatoms. The van der Waals surface area contributed by atoms with Crippen LogP contribution in [0.15, 0.2) is 55.1 Å². The van der Waals surface area contributed by atoms with Crippen molar-refractivity contribution in [2.75, 3.05) is 26.2 Å². The number of nitrogens with zero attached hydrogens (tertiary/aromatic N) is 6. The summed E-state index contributed by atoms with van der Waals surface area (Å²) in [7, 11) is 0. The molecular formula is C28H29FN8O5. The maximum absolute atomic E-state index is 14.8. The van der Waals surface area contributed by atoms with Gasteiger partial charge in [-0.15, -0.1) is 5.10 Å². The van der Waals surface area contributed by atoms with Crippen molar-refractivity contribution in [1.29, 1.82) is 0 Å². The number of ether oxygens (including phenoxy) is 1. The number of nitrogens with one attached hydrogen (secondary N) is 2. The molecule has 1 aromatic carbocycles. The molecule has 4 aromatic rings. The van der Waals surface area contributed by atoms with Gasteiger partial charge < -0.3 is 24.8 Å². The Morgan fingerprint density at radius 2 is 1.74 bits per heavy atom. The monoisotopic (exact) mass is 576 g/mol. The van der Waals surface area contributed by atoms with E-state index in [1.807, 2.05) is 0 Å². The number of carbonyl (C=O) groups excluding carboxylic acids is 4. The third kappa shape index (κ3) is 5.82. The normalized spacial score (nSPS) is 14.5. The predicted octanol–water partition coefficient (Wildman–Crippen LogP) is 2.40. The molecule has 0 bridgehead atoms. The van der Waals surface area contributed by atoms with Gasteiger partial charge in [-0.25, -0.2) is 18.9 Å². The lowest BCUT2D eigenvalue weighted by Crippen LogP contribution is -2.54. The van der Waals surface area contributed by atoms with E-state index in [0.29, 0.717) is 5.56 Å². The molecule has 0 spiro atoms. The van der Waals surface area contributed by atoms with Gasteiger partial charge in [0.1, 0.15) is 11.6 Å². The summed E-state index contributed by atoms with van der Waals surface area (Å²) < 4.78 is 21.5. The van der Waals surface area contributed by atoms with Gasteiger partial charge in [0, 0.05) is 32.4 Å². The van der Waals surface area contributed by atoms with Gasteiger partial charge in [0.05, 0.1) is 35.1 Å². The van der Waals surface area contributed by atoms with Gasteiger partial charge >= 0.3 is 6.09 Å². The first-order valence-corrected chi connectivity index (χ1v) is 13.2. The number of piperazine rings is 1. The molecule has 13 nitrogen and oxygen atoms in total. The number of pyridine rings is 1. The van der Waals surface area contributed by atoms with E-state index in [1.54, 1.807) is 51.1 Å². The highest BCUT2D eigenvalue weighted by atomic mass is 19.1. The molecule has 218 valence electrons. The van der Waals surface area contributed by atoms with E-state index >= 15 is 0 Å². The fourth-order valence-corrected chi connectivity index (χ4v) is 4.70. The Kier molecular flexibility index (Phi) is 7.70. The quantitative estimate of drug-likeness (QED) is 0.262. The number of H-pyrrole nitrogens is 1. The smallest absolute Gasteiger partial charge is 0.408 e. The Bertz CT molecular complexity index is 1620. The molecular weight excluding hydrogens is 547 g/mol. The average Bonchev–Trinajstić information content (AvgIpc) is 3.66. The number of alkyl carbamates (subject to hydrolysis) is 1. The Hall–Kier alpha value is -5.14. The Morgan fingerprint density at radius 3 is 2.38 bits per heavy atom. The predicted molar refractivity (Wildman–Crippen MR) is 147 cm³/mol. The maximum Gasteiger partial charge on any atom is 0.408 e. The van der Waals surface area contributed by atoms with Crippen molar-refractivity contribution in [2.24, 2.45) is 0 Å². The molecule has 0 radical (unpaired) electrons. The lowest BCUT2D eigenvalue weighted by molar-refractivity contribution is -0.139. The van der Waals surface area contributed by atoms with Crippen LogP contribution in [0, 0.1) is 5.82 Å². The molecule has 1 atom stereocenters. The SMILES string of the molecule is CC(C)(C)OC(=O)N[C@H](C(=O)N1CCN(C(=O)C(=O)c2c[nH]c3c(-n4ccnn4)ncc(F)c23)CC1)c1ccccc1. The van der Waals surface area contributed by atoms with Crippen LogP contribution in [-0.2, 0) is 14.3 Å². The van der Waals surface area contributed by atoms with Gasteiger partial charge in [-0.2, -0.15) is 0 Å². The minimum atomic E-state index is -1.01. The number of fused-ring (bicyclic) bond motifs is 1. The van der Waals surface area contributed by atoms with Crippen molar-refractivity contribution in [3.05, 3.63) is 72.1 Å². The highest BCUT2D eigenvalue weighted by Gasteiger charge is 2.34. The summed E-state index contributed by atoms with van der Waals surface area (Å²) in [6.45, 7) is 5.56. The average molecular weight is 577 g/mol. The van der Waals surface area contributed by atoms with Crippen molar-refractivity contribution in [3.8, 4) is 5.82 Å². The van der Waals surface area contributed by atoms with Crippen LogP contribution in [0.4, 0.5) is 9.18 Å². The summed E-state index contributed by atoms with van der Waals surface area (Å²) in [5.74, 6) is -2.66. The van der Waals surface area contributed by atoms with Crippen molar-refractivity contribution in [2.45, 2.75) is 32.4 Å². The zero-order valence-corrected chi connectivity index (χ0v) is 23.2. The molecule has 0 unspecified atom stereocenters. The summed E-state index contributed by atoms with van der Waals surface area (Å²) in [5.41, 5.74) is -0.130. The van der Waals surface area contributed by atoms with Crippen LogP contribution in [0.25, 0.3) is 16.7 Å². The van der Waals surface area contributed by atoms with E-state index in [-0.39, 0.29) is 54.4 Å². The summed E-state index contributed by atoms with van der Waals surface area (Å²) >= 11 is 0. The zero-order valence-electron chi connectivity index (χ0n) is 23.2. The number of benzene rings is 1. The number of halogens is 1. The molecule has 1 saturated heterocycles. The topological polar surface area (TPSA) is 155 Å². The van der Waals surface area contributed by atoms with Crippen molar-refractivity contribution < 1.29 is 28.3 Å². The van der Waals surface area contributed by atoms with E-state index in [1.165, 1.54) is 33.1 Å². The molecule has 3 amide bonds. The second-order valence-electron chi connectivity index (χ2n) is 10.7. The van der Waals surface area contributed by atoms with E-state index in [0.717, 1.165) is 6.20 Å². The highest BCUT2D eigenvalue weighted by Crippen LogP contribution is 2.26. The van der Waals surface area contributed by atoms with Crippen molar-refractivity contribution in [1.82, 2.24) is 40.1 Å². The van der Waals surface area contributed by atoms with Crippen LogP contribution < -0.4 is 5.32 Å². The van der Waals surface area contributed by atoms with Gasteiger partial charge in [0.25, 0.3) is 11.7 Å². The molecule has 2 N–H and O–H groups in total. The largest absolute Gasteiger partial charge is 0.444 e. The minimum Gasteiger partial charge on any atom is -0.444 e. The van der Waals surface area contributed by atoms with Crippen LogP contribution in [0.5, 0.6) is 0 Å². The first kappa shape index (κ1) is 28.4. The number of amides is 3. The first-order valence-electron chi connectivity index (χ1n) is 13.2. The van der Waals surface area contributed by atoms with Gasteiger partial charge in [0.2, 0.25) is 5.91 Å². The lowest BCUT2D eigenvalue weighted by atomic mass is 10.0. The van der Waals surface area contributed by atoms with Crippen LogP contribution in [-0.4, -0.2) is 90.2 Å². The van der Waals surface area contributed by atoms with Gasteiger partial charge in [0.15, 0.2) is 11.6 Å². The Labute approximate surface area is 239 Å². The van der Waals surface area contributed by atoms with Crippen molar-refractivity contribution in [3.63, 3.8) is 0 Å². The van der Waals surface area contributed by atoms with Crippen LogP contribution in [0.3, 0.4) is 0 Å². The molecule has 1 aliphatic heterocycles. The number of rotatable bonds is 6. The van der Waals surface area contributed by atoms with Crippen LogP contribution in [0.2, 0.25) is 0 Å². The minimum absolute atomic E-state index is 0.0703. The second-order valence-corrected chi connectivity index (χ2v) is 10.7. The first-order chi connectivity index (χ1) is 20.0. The number of aromatic nitrogens is 5. The fourth-order valence-electron chi connectivity index (χ4n) is 4.70. The lowest BCUT2D eigenvalue weighted by Gasteiger charge is -2.36. The number of ketones is 1. The fraction of sp³-hybridized carbons (Fsp3) is 0.321. The molecule has 5 rings (SSSR count). The molecule has 1 fully saturated rings. The summed E-state index contributed by atoms with van der Waals surface area (Å²) in [5, 5.41) is 10.1. The second kappa shape index (κ2) is 11.4. The standard InChI is InChI=1S/C28H29FN8O5/c1-28(2,3)42-27(41)33-21(17-7-5-4-6-8-17)25(39)35-11-13-36(14-12-35)26(40)23(38)18-15-30-22-20(18)19(29)16-31-24(22)37-10-9-32-34-37/h4-10,15-16,21,30H,11-14H2,1-3H3,(H,33,41)/t21-/m0/s1. The summed E-state index contributed by atoms with van der Waals surface area (Å²) in [6.07, 6.45) is 4.42. The van der Waals surface area contributed by atoms with E-state index in [4.69, 9.17) is 4.74 Å². The van der Waals surface area contributed by atoms with E-state index in [2.05, 4.69) is 25.6 Å². The third-order valence-electron chi connectivity index (χ3n) is 6.64. The molecule has 1 aliphatic rings. The number of carbonyl (C=O) groups is 4. The maximum atomic E-state index is 14.8. The molecule has 42 heavy (non-hydrogen) atoms. The summed E-state index contributed by atoms with van der Waals surface area (Å²) in [6, 6.07) is 7.75. The third-order valence-corrected chi connectivity index (χ3v) is 6.64. The molecule has 0 aliphatic carbocycles. The number of hydrogen-bond donors (Lipinski definition) is 2. The van der Waals surface area contributed by atoms with Crippen LogP contribution >= 0.6 is 0 Å².